The van der Waals surface area contributed by atoms with Gasteiger partial charge in [0, 0.05) is 49.4 Å². The second-order valence-corrected chi connectivity index (χ2v) is 7.94. The molecule has 5 rings (SSSR count). The molecule has 2 bridgehead atoms. The molecular weight excluding hydrogens is 336 g/mol. The van der Waals surface area contributed by atoms with E-state index in [0.29, 0.717) is 0 Å². The van der Waals surface area contributed by atoms with Gasteiger partial charge in [-0.25, -0.2) is 4.98 Å². The molecule has 138 valence electrons. The van der Waals surface area contributed by atoms with Crippen molar-refractivity contribution in [3.63, 3.8) is 0 Å². The van der Waals surface area contributed by atoms with E-state index in [1.54, 1.807) is 6.20 Å². The van der Waals surface area contributed by atoms with E-state index >= 15 is 0 Å². The number of aromatic nitrogens is 3. The number of para-hydroxylation sites is 2. The van der Waals surface area contributed by atoms with Crippen LogP contribution in [0.2, 0.25) is 0 Å². The standard InChI is InChI=1S/C22H24N4O/c27-22(16-7-4-10-23-11-16)17-5-3-6-18(22)14-26(13-17)15-19-12-24-20-8-1-2-9-21(20)25-19/h1-2,4,7-12,17-18,27H,3,5-6,13-15H2. The topological polar surface area (TPSA) is 62.1 Å². The molecular formula is C22H24N4O. The van der Waals surface area contributed by atoms with Crippen molar-refractivity contribution in [3.8, 4) is 0 Å². The molecule has 2 aliphatic rings. The Hall–Kier alpha value is -2.37. The third kappa shape index (κ3) is 2.91. The van der Waals surface area contributed by atoms with Gasteiger partial charge in [-0.1, -0.05) is 24.6 Å². The molecule has 2 aromatic heterocycles. The number of pyridine rings is 1. The largest absolute Gasteiger partial charge is 0.384 e. The summed E-state index contributed by atoms with van der Waals surface area (Å²) in [6.45, 7) is 2.56. The Bertz CT molecular complexity index is 931. The number of rotatable bonds is 3. The van der Waals surface area contributed by atoms with Gasteiger partial charge in [0.25, 0.3) is 0 Å². The van der Waals surface area contributed by atoms with E-state index in [1.165, 1.54) is 6.42 Å². The first-order chi connectivity index (χ1) is 13.2. The summed E-state index contributed by atoms with van der Waals surface area (Å²) in [5.41, 5.74) is 3.10. The van der Waals surface area contributed by atoms with Gasteiger partial charge in [0.15, 0.2) is 0 Å². The molecule has 1 aliphatic carbocycles. The molecule has 2 fully saturated rings. The van der Waals surface area contributed by atoms with E-state index in [1.807, 2.05) is 48.8 Å². The van der Waals surface area contributed by atoms with E-state index < -0.39 is 5.60 Å². The van der Waals surface area contributed by atoms with Gasteiger partial charge < -0.3 is 5.11 Å². The Morgan fingerprint density at radius 2 is 1.78 bits per heavy atom. The zero-order valence-corrected chi connectivity index (χ0v) is 15.3. The van der Waals surface area contributed by atoms with E-state index in [9.17, 15) is 5.11 Å². The van der Waals surface area contributed by atoms with Crippen LogP contribution >= 0.6 is 0 Å². The highest BCUT2D eigenvalue weighted by Gasteiger charge is 2.51. The average Bonchev–Trinajstić information content (AvgIpc) is 2.69. The summed E-state index contributed by atoms with van der Waals surface area (Å²) in [7, 11) is 0. The van der Waals surface area contributed by atoms with Crippen LogP contribution in [-0.2, 0) is 12.1 Å². The molecule has 3 heterocycles. The van der Waals surface area contributed by atoms with Crippen LogP contribution in [0, 0.1) is 11.8 Å². The molecule has 0 spiro atoms. The lowest BCUT2D eigenvalue weighted by molar-refractivity contribution is -0.148. The Balaban J connectivity index is 1.39. The first-order valence-electron chi connectivity index (χ1n) is 9.79. The van der Waals surface area contributed by atoms with E-state index in [2.05, 4.69) is 14.9 Å². The lowest BCUT2D eigenvalue weighted by Gasteiger charge is -2.53. The molecule has 0 radical (unpaired) electrons. The third-order valence-corrected chi connectivity index (χ3v) is 6.32. The van der Waals surface area contributed by atoms with Crippen LogP contribution in [0.5, 0.6) is 0 Å². The van der Waals surface area contributed by atoms with E-state index in [-0.39, 0.29) is 11.8 Å². The lowest BCUT2D eigenvalue weighted by atomic mass is 9.63. The molecule has 1 N–H and O–H groups in total. The molecule has 2 unspecified atom stereocenters. The minimum Gasteiger partial charge on any atom is -0.384 e. The average molecular weight is 360 g/mol. The summed E-state index contributed by atoms with van der Waals surface area (Å²) in [5, 5.41) is 11.7. The number of benzene rings is 1. The maximum atomic E-state index is 11.7. The highest BCUT2D eigenvalue weighted by atomic mass is 16.3. The minimum absolute atomic E-state index is 0.239. The van der Waals surface area contributed by atoms with Gasteiger partial charge in [0.05, 0.1) is 28.5 Å². The summed E-state index contributed by atoms with van der Waals surface area (Å²) in [6.07, 6.45) is 8.82. The van der Waals surface area contributed by atoms with Gasteiger partial charge in [0.1, 0.15) is 0 Å². The number of aliphatic hydroxyl groups is 1. The van der Waals surface area contributed by atoms with Crippen LogP contribution < -0.4 is 0 Å². The Morgan fingerprint density at radius 3 is 2.52 bits per heavy atom. The Morgan fingerprint density at radius 1 is 1.00 bits per heavy atom. The summed E-state index contributed by atoms with van der Waals surface area (Å²) >= 11 is 0. The monoisotopic (exact) mass is 360 g/mol. The number of likely N-dealkylation sites (tertiary alicyclic amines) is 1. The smallest absolute Gasteiger partial charge is 0.0991 e. The molecule has 1 aromatic carbocycles. The van der Waals surface area contributed by atoms with E-state index in [4.69, 9.17) is 4.98 Å². The zero-order chi connectivity index (χ0) is 18.3. The second kappa shape index (κ2) is 6.66. The first kappa shape index (κ1) is 16.8. The van der Waals surface area contributed by atoms with Crippen LogP contribution in [0.15, 0.2) is 55.0 Å². The fourth-order valence-electron chi connectivity index (χ4n) is 5.04. The van der Waals surface area contributed by atoms with Crippen molar-refractivity contribution in [2.24, 2.45) is 11.8 Å². The summed E-state index contributed by atoms with van der Waals surface area (Å²) < 4.78 is 0. The predicted octanol–water partition coefficient (Wildman–Crippen LogP) is 3.14. The van der Waals surface area contributed by atoms with Crippen molar-refractivity contribution in [3.05, 3.63) is 66.2 Å². The van der Waals surface area contributed by atoms with Crippen LogP contribution in [0.3, 0.4) is 0 Å². The maximum absolute atomic E-state index is 11.7. The number of nitrogens with zero attached hydrogens (tertiary/aromatic N) is 4. The number of hydrogen-bond donors (Lipinski definition) is 1. The third-order valence-electron chi connectivity index (χ3n) is 6.32. The molecule has 1 saturated heterocycles. The van der Waals surface area contributed by atoms with Gasteiger partial charge >= 0.3 is 0 Å². The Labute approximate surface area is 159 Å². The normalized spacial score (nSPS) is 28.3. The van der Waals surface area contributed by atoms with Gasteiger partial charge in [-0.2, -0.15) is 0 Å². The molecule has 3 aromatic rings. The second-order valence-electron chi connectivity index (χ2n) is 7.94. The van der Waals surface area contributed by atoms with Crippen LogP contribution in [0.25, 0.3) is 11.0 Å². The van der Waals surface area contributed by atoms with Crippen LogP contribution in [0.1, 0.15) is 30.5 Å². The predicted molar refractivity (Wildman–Crippen MR) is 104 cm³/mol. The molecule has 5 heteroatoms. The lowest BCUT2D eigenvalue weighted by Crippen LogP contribution is -2.57. The van der Waals surface area contributed by atoms with Gasteiger partial charge in [-0.05, 0) is 31.0 Å². The van der Waals surface area contributed by atoms with Gasteiger partial charge in [0.2, 0.25) is 0 Å². The molecule has 0 amide bonds. The highest BCUT2D eigenvalue weighted by Crippen LogP contribution is 2.49. The van der Waals surface area contributed by atoms with Crippen molar-refractivity contribution in [1.82, 2.24) is 19.9 Å². The zero-order valence-electron chi connectivity index (χ0n) is 15.3. The molecule has 27 heavy (non-hydrogen) atoms. The SMILES string of the molecule is OC1(c2cccnc2)C2CCCC1CN(Cc1cnc3ccccc3n1)C2. The molecule has 5 nitrogen and oxygen atoms in total. The van der Waals surface area contributed by atoms with Crippen molar-refractivity contribution in [2.75, 3.05) is 13.1 Å². The van der Waals surface area contributed by atoms with Crippen LogP contribution in [-0.4, -0.2) is 38.0 Å². The fraction of sp³-hybridized carbons (Fsp3) is 0.409. The van der Waals surface area contributed by atoms with Crippen molar-refractivity contribution in [2.45, 2.75) is 31.4 Å². The van der Waals surface area contributed by atoms with Gasteiger partial charge in [-0.3, -0.25) is 14.9 Å². The quantitative estimate of drug-likeness (QED) is 0.777. The fourth-order valence-corrected chi connectivity index (χ4v) is 5.04. The number of hydrogen-bond acceptors (Lipinski definition) is 5. The van der Waals surface area contributed by atoms with Crippen molar-refractivity contribution >= 4 is 11.0 Å². The Kier molecular flexibility index (Phi) is 4.14. The maximum Gasteiger partial charge on any atom is 0.0991 e. The summed E-state index contributed by atoms with van der Waals surface area (Å²) in [5.74, 6) is 0.477. The minimum atomic E-state index is -0.752. The van der Waals surface area contributed by atoms with Crippen molar-refractivity contribution in [1.29, 1.82) is 0 Å². The first-order valence-corrected chi connectivity index (χ1v) is 9.79. The number of fused-ring (bicyclic) bond motifs is 3. The van der Waals surface area contributed by atoms with Crippen LogP contribution in [0.4, 0.5) is 0 Å². The summed E-state index contributed by atoms with van der Waals surface area (Å²) in [4.78, 5) is 16.0. The molecule has 1 saturated carbocycles. The van der Waals surface area contributed by atoms with Gasteiger partial charge in [-0.15, -0.1) is 0 Å². The number of piperidine rings is 1. The van der Waals surface area contributed by atoms with E-state index in [0.717, 1.165) is 54.8 Å². The summed E-state index contributed by atoms with van der Waals surface area (Å²) in [6, 6.07) is 12.0. The molecule has 1 aliphatic heterocycles. The highest BCUT2D eigenvalue weighted by molar-refractivity contribution is 5.73. The van der Waals surface area contributed by atoms with Crippen molar-refractivity contribution < 1.29 is 5.11 Å². The molecule has 2 atom stereocenters.